The van der Waals surface area contributed by atoms with Crippen LogP contribution in [-0.4, -0.2) is 12.4 Å². The van der Waals surface area contributed by atoms with Crippen LogP contribution in [0.2, 0.25) is 0 Å². The van der Waals surface area contributed by atoms with E-state index in [1.54, 1.807) is 6.92 Å². The second-order valence-corrected chi connectivity index (χ2v) is 2.77. The van der Waals surface area contributed by atoms with Crippen LogP contribution < -0.4 is 4.74 Å². The molecule has 82 valence electrons. The molecule has 0 saturated carbocycles. The maximum Gasteiger partial charge on any atom is 0.387 e. The van der Waals surface area contributed by atoms with Crippen molar-refractivity contribution in [2.45, 2.75) is 20.0 Å². The van der Waals surface area contributed by atoms with Crippen LogP contribution in [0.15, 0.2) is 18.2 Å². The average molecular weight is 218 g/mol. The first kappa shape index (κ1) is 11.6. The van der Waals surface area contributed by atoms with Crippen LogP contribution in [0, 0.1) is 5.82 Å². The van der Waals surface area contributed by atoms with Crippen molar-refractivity contribution in [2.24, 2.45) is 0 Å². The van der Waals surface area contributed by atoms with Crippen molar-refractivity contribution in [1.29, 1.82) is 0 Å². The Labute approximate surface area is 84.7 Å². The first-order valence-corrected chi connectivity index (χ1v) is 4.32. The van der Waals surface area contributed by atoms with Crippen molar-refractivity contribution in [3.8, 4) is 5.75 Å². The lowest BCUT2D eigenvalue weighted by Gasteiger charge is -2.09. The summed E-state index contributed by atoms with van der Waals surface area (Å²) in [6, 6.07) is 3.49. The summed E-state index contributed by atoms with van der Waals surface area (Å²) in [6.07, 6.45) is 0.100. The van der Waals surface area contributed by atoms with Gasteiger partial charge in [-0.05, 0) is 12.1 Å². The molecule has 0 radical (unpaired) electrons. The fourth-order valence-electron chi connectivity index (χ4n) is 1.13. The second-order valence-electron chi connectivity index (χ2n) is 2.77. The number of ether oxygens (including phenoxy) is 1. The third-order valence-electron chi connectivity index (χ3n) is 1.80. The highest BCUT2D eigenvalue weighted by Crippen LogP contribution is 2.25. The van der Waals surface area contributed by atoms with Crippen LogP contribution in [0.3, 0.4) is 0 Å². The standard InChI is InChI=1S/C10H9F3O2/c1-2-8(14)6-4-3-5-7(11)9(6)15-10(12)13/h3-5,10H,2H2,1H3. The first-order chi connectivity index (χ1) is 7.06. The molecular weight excluding hydrogens is 209 g/mol. The molecule has 1 aromatic carbocycles. The van der Waals surface area contributed by atoms with Crippen molar-refractivity contribution in [2.75, 3.05) is 0 Å². The van der Waals surface area contributed by atoms with Crippen LogP contribution in [0.1, 0.15) is 23.7 Å². The van der Waals surface area contributed by atoms with Crippen LogP contribution in [0.5, 0.6) is 5.75 Å². The Morgan fingerprint density at radius 1 is 1.47 bits per heavy atom. The molecule has 0 spiro atoms. The highest BCUT2D eigenvalue weighted by atomic mass is 19.3. The summed E-state index contributed by atoms with van der Waals surface area (Å²) in [5, 5.41) is 0. The van der Waals surface area contributed by atoms with Crippen LogP contribution >= 0.6 is 0 Å². The minimum atomic E-state index is -3.15. The van der Waals surface area contributed by atoms with Gasteiger partial charge < -0.3 is 4.74 Å². The van der Waals surface area contributed by atoms with Crippen molar-refractivity contribution in [1.82, 2.24) is 0 Å². The maximum absolute atomic E-state index is 13.1. The zero-order valence-corrected chi connectivity index (χ0v) is 7.97. The Hall–Kier alpha value is -1.52. The first-order valence-electron chi connectivity index (χ1n) is 4.32. The van der Waals surface area contributed by atoms with Gasteiger partial charge in [-0.3, -0.25) is 4.79 Å². The molecule has 0 aromatic heterocycles. The lowest BCUT2D eigenvalue weighted by molar-refractivity contribution is -0.0525. The summed E-state index contributed by atoms with van der Waals surface area (Å²) in [6.45, 7) is -1.59. The SMILES string of the molecule is CCC(=O)c1cccc(F)c1OC(F)F. The lowest BCUT2D eigenvalue weighted by Crippen LogP contribution is -2.09. The van der Waals surface area contributed by atoms with Crippen LogP contribution in [0.25, 0.3) is 0 Å². The summed E-state index contributed by atoms with van der Waals surface area (Å²) >= 11 is 0. The van der Waals surface area contributed by atoms with Crippen molar-refractivity contribution < 1.29 is 22.7 Å². The molecule has 0 unspecified atom stereocenters. The van der Waals surface area contributed by atoms with Gasteiger partial charge in [-0.2, -0.15) is 8.78 Å². The van der Waals surface area contributed by atoms with E-state index in [2.05, 4.69) is 4.74 Å². The van der Waals surface area contributed by atoms with Gasteiger partial charge in [0.25, 0.3) is 0 Å². The Morgan fingerprint density at radius 3 is 2.67 bits per heavy atom. The number of hydrogen-bond donors (Lipinski definition) is 0. The van der Waals surface area contributed by atoms with E-state index in [4.69, 9.17) is 0 Å². The molecule has 0 heterocycles. The van der Waals surface area contributed by atoms with Gasteiger partial charge >= 0.3 is 6.61 Å². The number of rotatable bonds is 4. The molecule has 0 aliphatic carbocycles. The summed E-state index contributed by atoms with van der Waals surface area (Å²) in [7, 11) is 0. The Balaban J connectivity index is 3.14. The Kier molecular flexibility index (Phi) is 3.71. The van der Waals surface area contributed by atoms with Gasteiger partial charge in [0, 0.05) is 6.42 Å². The fraction of sp³-hybridized carbons (Fsp3) is 0.300. The third kappa shape index (κ3) is 2.71. The van der Waals surface area contributed by atoms with Gasteiger partial charge in [-0.15, -0.1) is 0 Å². The average Bonchev–Trinajstić information content (AvgIpc) is 2.19. The zero-order valence-electron chi connectivity index (χ0n) is 7.97. The van der Waals surface area contributed by atoms with Crippen molar-refractivity contribution >= 4 is 5.78 Å². The number of benzene rings is 1. The second kappa shape index (κ2) is 4.82. The van der Waals surface area contributed by atoms with Crippen molar-refractivity contribution in [3.63, 3.8) is 0 Å². The number of ketones is 1. The minimum Gasteiger partial charge on any atom is -0.431 e. The monoisotopic (exact) mass is 218 g/mol. The normalized spacial score (nSPS) is 10.5. The number of hydrogen-bond acceptors (Lipinski definition) is 2. The summed E-state index contributed by atoms with van der Waals surface area (Å²) in [5.41, 5.74) is -0.155. The van der Waals surface area contributed by atoms with E-state index >= 15 is 0 Å². The van der Waals surface area contributed by atoms with Gasteiger partial charge in [-0.25, -0.2) is 4.39 Å². The molecule has 1 aromatic rings. The summed E-state index contributed by atoms with van der Waals surface area (Å²) in [5.74, 6) is -2.08. The smallest absolute Gasteiger partial charge is 0.387 e. The Bertz CT molecular complexity index is 364. The van der Waals surface area contributed by atoms with E-state index in [1.807, 2.05) is 0 Å². The molecule has 0 N–H and O–H groups in total. The van der Waals surface area contributed by atoms with E-state index < -0.39 is 24.0 Å². The molecule has 0 saturated heterocycles. The number of carbonyl (C=O) groups is 1. The molecule has 2 nitrogen and oxygen atoms in total. The molecular formula is C10H9F3O2. The quantitative estimate of drug-likeness (QED) is 0.726. The van der Waals surface area contributed by atoms with Crippen molar-refractivity contribution in [3.05, 3.63) is 29.6 Å². The molecule has 0 aliphatic heterocycles. The zero-order chi connectivity index (χ0) is 11.4. The fourth-order valence-corrected chi connectivity index (χ4v) is 1.13. The molecule has 0 bridgehead atoms. The summed E-state index contributed by atoms with van der Waals surface area (Å²) in [4.78, 5) is 11.3. The Morgan fingerprint density at radius 2 is 2.13 bits per heavy atom. The molecule has 5 heteroatoms. The van der Waals surface area contributed by atoms with Crippen LogP contribution in [-0.2, 0) is 0 Å². The summed E-state index contributed by atoms with van der Waals surface area (Å²) < 4.78 is 41.0. The lowest BCUT2D eigenvalue weighted by atomic mass is 10.1. The molecule has 0 amide bonds. The predicted molar refractivity (Wildman–Crippen MR) is 47.7 cm³/mol. The predicted octanol–water partition coefficient (Wildman–Crippen LogP) is 3.02. The number of alkyl halides is 2. The van der Waals surface area contributed by atoms with E-state index in [1.165, 1.54) is 12.1 Å². The van der Waals surface area contributed by atoms with E-state index in [0.717, 1.165) is 6.07 Å². The van der Waals surface area contributed by atoms with Crippen LogP contribution in [0.4, 0.5) is 13.2 Å². The van der Waals surface area contributed by atoms with E-state index in [9.17, 15) is 18.0 Å². The van der Waals surface area contributed by atoms with Gasteiger partial charge in [-0.1, -0.05) is 13.0 Å². The molecule has 0 fully saturated rings. The maximum atomic E-state index is 13.1. The third-order valence-corrected chi connectivity index (χ3v) is 1.80. The van der Waals surface area contributed by atoms with Gasteiger partial charge in [0.1, 0.15) is 0 Å². The van der Waals surface area contributed by atoms with E-state index in [0.29, 0.717) is 0 Å². The largest absolute Gasteiger partial charge is 0.431 e. The number of halogens is 3. The number of para-hydroxylation sites is 1. The highest BCUT2D eigenvalue weighted by Gasteiger charge is 2.18. The van der Waals surface area contributed by atoms with Gasteiger partial charge in [0.15, 0.2) is 17.3 Å². The highest BCUT2D eigenvalue weighted by molar-refractivity contribution is 5.98. The van der Waals surface area contributed by atoms with Gasteiger partial charge in [0.2, 0.25) is 0 Å². The minimum absolute atomic E-state index is 0.100. The molecule has 0 atom stereocenters. The van der Waals surface area contributed by atoms with Gasteiger partial charge in [0.05, 0.1) is 5.56 Å². The number of carbonyl (C=O) groups excluding carboxylic acids is 1. The van der Waals surface area contributed by atoms with E-state index in [-0.39, 0.29) is 12.0 Å². The number of Topliss-reactive ketones (excluding diaryl/α,β-unsaturated/α-hetero) is 1. The molecule has 15 heavy (non-hydrogen) atoms. The topological polar surface area (TPSA) is 26.3 Å². The molecule has 1 rings (SSSR count). The molecule has 0 aliphatic rings.